The lowest BCUT2D eigenvalue weighted by molar-refractivity contribution is -0.126. The first kappa shape index (κ1) is 17.2. The number of carbonyl (C=O) groups excluding carboxylic acids is 2. The van der Waals surface area contributed by atoms with Crippen molar-refractivity contribution >= 4 is 34.5 Å². The van der Waals surface area contributed by atoms with E-state index in [1.807, 2.05) is 66.9 Å². The average molecular weight is 390 g/mol. The summed E-state index contributed by atoms with van der Waals surface area (Å²) in [6.45, 7) is 2.00. The van der Waals surface area contributed by atoms with Crippen molar-refractivity contribution in [3.63, 3.8) is 0 Å². The van der Waals surface area contributed by atoms with Gasteiger partial charge in [-0.15, -0.1) is 11.3 Å². The molecule has 2 aromatic carbocycles. The molecule has 3 heterocycles. The molecule has 2 aliphatic heterocycles. The van der Waals surface area contributed by atoms with Crippen LogP contribution in [0.25, 0.3) is 0 Å². The van der Waals surface area contributed by atoms with E-state index >= 15 is 0 Å². The smallest absolute Gasteiger partial charge is 0.266 e. The second kappa shape index (κ2) is 6.58. The van der Waals surface area contributed by atoms with Gasteiger partial charge in [-0.05, 0) is 42.1 Å². The topological polar surface area (TPSA) is 49.9 Å². The maximum Gasteiger partial charge on any atom is 0.266 e. The third-order valence-electron chi connectivity index (χ3n) is 5.32. The number of anilines is 2. The maximum atomic E-state index is 13.4. The van der Waals surface area contributed by atoms with Crippen LogP contribution >= 0.6 is 11.3 Å². The number of aryl methyl sites for hydroxylation is 1. The van der Waals surface area contributed by atoms with E-state index < -0.39 is 12.0 Å². The molecule has 6 heteroatoms. The van der Waals surface area contributed by atoms with E-state index in [1.54, 1.807) is 28.5 Å². The molecule has 0 bridgehead atoms. The van der Waals surface area contributed by atoms with Crippen LogP contribution in [0.15, 0.2) is 72.1 Å². The summed E-state index contributed by atoms with van der Waals surface area (Å²) in [7, 11) is 0. The predicted octanol–water partition coefficient (Wildman–Crippen LogP) is 4.11. The Morgan fingerprint density at radius 2 is 1.64 bits per heavy atom. The molecule has 2 amide bonds. The molecule has 2 saturated heterocycles. The number of fused-ring (bicyclic) bond motifs is 1. The Bertz CT molecular complexity index is 1030. The molecule has 0 spiro atoms. The van der Waals surface area contributed by atoms with Gasteiger partial charge in [0.1, 0.15) is 12.0 Å². The van der Waals surface area contributed by atoms with Gasteiger partial charge in [0.15, 0.2) is 6.10 Å². The van der Waals surface area contributed by atoms with Gasteiger partial charge in [-0.25, -0.2) is 9.96 Å². The largest absolute Gasteiger partial charge is 0.273 e. The van der Waals surface area contributed by atoms with Crippen LogP contribution in [0.2, 0.25) is 0 Å². The molecule has 0 unspecified atom stereocenters. The number of para-hydroxylation sites is 2. The van der Waals surface area contributed by atoms with Gasteiger partial charge in [-0.3, -0.25) is 14.4 Å². The van der Waals surface area contributed by atoms with Crippen LogP contribution in [0, 0.1) is 12.8 Å². The van der Waals surface area contributed by atoms with Crippen LogP contribution < -0.4 is 9.96 Å². The summed E-state index contributed by atoms with van der Waals surface area (Å²) in [6, 6.07) is 20.5. The number of benzene rings is 2. The van der Waals surface area contributed by atoms with Crippen LogP contribution in [0.5, 0.6) is 0 Å². The number of hydroxylamine groups is 1. The SMILES string of the molecule is Cc1ccccc1N1O[C@@H]2C(=O)N(c3ccccc3)C(=O)[C@@H]2[C@H]1c1cccs1. The normalized spacial score (nSPS) is 24.1. The van der Waals surface area contributed by atoms with Crippen molar-refractivity contribution in [2.45, 2.75) is 19.1 Å². The number of imide groups is 1. The second-order valence-electron chi connectivity index (χ2n) is 6.97. The second-order valence-corrected chi connectivity index (χ2v) is 7.95. The van der Waals surface area contributed by atoms with Gasteiger partial charge in [0, 0.05) is 4.88 Å². The summed E-state index contributed by atoms with van der Waals surface area (Å²) in [6.07, 6.45) is -0.820. The lowest BCUT2D eigenvalue weighted by Crippen LogP contribution is -2.37. The molecule has 0 saturated carbocycles. The van der Waals surface area contributed by atoms with E-state index in [4.69, 9.17) is 4.84 Å². The van der Waals surface area contributed by atoms with Crippen LogP contribution in [0.4, 0.5) is 11.4 Å². The number of carbonyl (C=O) groups is 2. The predicted molar refractivity (Wildman–Crippen MR) is 108 cm³/mol. The first-order valence-electron chi connectivity index (χ1n) is 9.15. The molecule has 3 atom stereocenters. The fourth-order valence-corrected chi connectivity index (χ4v) is 4.87. The van der Waals surface area contributed by atoms with E-state index in [2.05, 4.69) is 0 Å². The van der Waals surface area contributed by atoms with E-state index in [0.29, 0.717) is 5.69 Å². The minimum absolute atomic E-state index is 0.212. The van der Waals surface area contributed by atoms with Crippen molar-refractivity contribution in [1.82, 2.24) is 0 Å². The van der Waals surface area contributed by atoms with Crippen LogP contribution in [-0.2, 0) is 14.4 Å². The van der Waals surface area contributed by atoms with E-state index in [-0.39, 0.29) is 17.9 Å². The van der Waals surface area contributed by atoms with Gasteiger partial charge in [0.05, 0.1) is 11.4 Å². The van der Waals surface area contributed by atoms with Crippen molar-refractivity contribution in [1.29, 1.82) is 0 Å². The highest BCUT2D eigenvalue weighted by Crippen LogP contribution is 2.49. The molecular weight excluding hydrogens is 372 g/mol. The van der Waals surface area contributed by atoms with Gasteiger partial charge >= 0.3 is 0 Å². The molecule has 2 fully saturated rings. The Morgan fingerprint density at radius 1 is 0.893 bits per heavy atom. The summed E-state index contributed by atoms with van der Waals surface area (Å²) < 4.78 is 0. The van der Waals surface area contributed by atoms with Gasteiger partial charge < -0.3 is 0 Å². The molecule has 5 nitrogen and oxygen atoms in total. The molecule has 0 aliphatic carbocycles. The van der Waals surface area contributed by atoms with Crippen molar-refractivity contribution in [2.24, 2.45) is 5.92 Å². The highest BCUT2D eigenvalue weighted by atomic mass is 32.1. The molecule has 28 heavy (non-hydrogen) atoms. The first-order chi connectivity index (χ1) is 13.7. The minimum Gasteiger partial charge on any atom is -0.273 e. The molecule has 0 radical (unpaired) electrons. The Hall–Kier alpha value is -2.96. The lowest BCUT2D eigenvalue weighted by Gasteiger charge is -2.28. The minimum atomic E-state index is -0.820. The molecule has 140 valence electrons. The standard InChI is InChI=1S/C22H18N2O3S/c1-14-8-5-6-11-16(14)24-19(17-12-7-13-28-17)18-20(27-24)22(26)23(21(18)25)15-9-3-2-4-10-15/h2-13,18-20H,1H3/t18-,19-,20+/m1/s1. The van der Waals surface area contributed by atoms with Crippen LogP contribution in [0.3, 0.4) is 0 Å². The van der Waals surface area contributed by atoms with E-state index in [9.17, 15) is 9.59 Å². The molecule has 0 N–H and O–H groups in total. The van der Waals surface area contributed by atoms with Crippen molar-refractivity contribution < 1.29 is 14.4 Å². The molecule has 3 aromatic rings. The maximum absolute atomic E-state index is 13.4. The summed E-state index contributed by atoms with van der Waals surface area (Å²) in [5.41, 5.74) is 2.49. The van der Waals surface area contributed by atoms with Gasteiger partial charge in [0.2, 0.25) is 5.91 Å². The van der Waals surface area contributed by atoms with Crippen molar-refractivity contribution in [3.05, 3.63) is 82.6 Å². The molecular formula is C22H18N2O3S. The van der Waals surface area contributed by atoms with Crippen molar-refractivity contribution in [2.75, 3.05) is 9.96 Å². The van der Waals surface area contributed by atoms with E-state index in [1.165, 1.54) is 4.90 Å². The number of rotatable bonds is 3. The third-order valence-corrected chi connectivity index (χ3v) is 6.26. The quantitative estimate of drug-likeness (QED) is 0.632. The Balaban J connectivity index is 1.59. The third kappa shape index (κ3) is 2.49. The number of thiophene rings is 1. The number of nitrogens with zero attached hydrogens (tertiary/aromatic N) is 2. The first-order valence-corrected chi connectivity index (χ1v) is 10.0. The molecule has 5 rings (SSSR count). The monoisotopic (exact) mass is 390 g/mol. The average Bonchev–Trinajstić information content (AvgIpc) is 3.41. The zero-order chi connectivity index (χ0) is 19.3. The number of hydrogen-bond acceptors (Lipinski definition) is 5. The summed E-state index contributed by atoms with van der Waals surface area (Å²) in [4.78, 5) is 34.9. The summed E-state index contributed by atoms with van der Waals surface area (Å²) in [5, 5.41) is 3.74. The van der Waals surface area contributed by atoms with E-state index in [0.717, 1.165) is 16.1 Å². The molecule has 1 aromatic heterocycles. The molecule has 2 aliphatic rings. The van der Waals surface area contributed by atoms with Crippen LogP contribution in [-0.4, -0.2) is 17.9 Å². The number of hydrogen-bond donors (Lipinski definition) is 0. The fourth-order valence-electron chi connectivity index (χ4n) is 4.01. The highest BCUT2D eigenvalue weighted by molar-refractivity contribution is 7.10. The Labute approximate surface area is 166 Å². The van der Waals surface area contributed by atoms with Gasteiger partial charge in [-0.1, -0.05) is 42.5 Å². The van der Waals surface area contributed by atoms with Gasteiger partial charge in [-0.2, -0.15) is 0 Å². The zero-order valence-corrected chi connectivity index (χ0v) is 16.0. The summed E-state index contributed by atoms with van der Waals surface area (Å²) in [5.74, 6) is -1.10. The lowest BCUT2D eigenvalue weighted by atomic mass is 9.95. The van der Waals surface area contributed by atoms with Crippen LogP contribution in [0.1, 0.15) is 16.5 Å². The fraction of sp³-hybridized carbons (Fsp3) is 0.182. The highest BCUT2D eigenvalue weighted by Gasteiger charge is 2.60. The Morgan fingerprint density at radius 3 is 2.36 bits per heavy atom. The Kier molecular flexibility index (Phi) is 4.03. The number of amides is 2. The summed E-state index contributed by atoms with van der Waals surface area (Å²) >= 11 is 1.57. The zero-order valence-electron chi connectivity index (χ0n) is 15.2. The van der Waals surface area contributed by atoms with Crippen molar-refractivity contribution in [3.8, 4) is 0 Å². The van der Waals surface area contributed by atoms with Gasteiger partial charge in [0.25, 0.3) is 5.91 Å².